The zero-order chi connectivity index (χ0) is 16.0. The van der Waals surface area contributed by atoms with Crippen molar-refractivity contribution in [3.05, 3.63) is 48.6 Å². The van der Waals surface area contributed by atoms with Crippen molar-refractivity contribution >= 4 is 23.9 Å². The summed E-state index contributed by atoms with van der Waals surface area (Å²) in [4.78, 5) is 39.1. The Balaban J connectivity index is -0.000000295. The molecule has 0 aliphatic heterocycles. The first kappa shape index (κ1) is 23.4. The van der Waals surface area contributed by atoms with Crippen LogP contribution in [0.15, 0.2) is 48.6 Å². The van der Waals surface area contributed by atoms with Crippen LogP contribution in [0.1, 0.15) is 0 Å². The minimum absolute atomic E-state index is 0. The van der Waals surface area contributed by atoms with Crippen LogP contribution in [0.5, 0.6) is 0 Å². The molecule has 0 rings (SSSR count). The molecular formula is C12H12NiO8. The van der Waals surface area contributed by atoms with Crippen LogP contribution in [0.3, 0.4) is 0 Å². The summed E-state index contributed by atoms with van der Waals surface area (Å²) in [6.07, 6.45) is 7.93. The van der Waals surface area contributed by atoms with E-state index in [0.717, 1.165) is 48.6 Å². The maximum Gasteiger partial charge on any atom is 0.328 e. The van der Waals surface area contributed by atoms with Crippen LogP contribution in [-0.4, -0.2) is 44.3 Å². The number of rotatable bonds is 6. The molecule has 0 aromatic heterocycles. The summed E-state index contributed by atoms with van der Waals surface area (Å²) < 4.78 is 0. The molecule has 0 heterocycles. The monoisotopic (exact) mass is 342 g/mol. The van der Waals surface area contributed by atoms with E-state index in [4.69, 9.17) is 20.4 Å². The third kappa shape index (κ3) is 31.7. The van der Waals surface area contributed by atoms with Gasteiger partial charge in [0.15, 0.2) is 0 Å². The van der Waals surface area contributed by atoms with Crippen LogP contribution >= 0.6 is 0 Å². The van der Waals surface area contributed by atoms with Gasteiger partial charge in [-0.1, -0.05) is 24.3 Å². The summed E-state index contributed by atoms with van der Waals surface area (Å²) >= 11 is 0. The van der Waals surface area contributed by atoms with Gasteiger partial charge in [-0.25, -0.2) is 19.2 Å². The van der Waals surface area contributed by atoms with Gasteiger partial charge in [-0.15, -0.1) is 0 Å². The van der Waals surface area contributed by atoms with E-state index in [1.54, 1.807) is 0 Å². The van der Waals surface area contributed by atoms with Gasteiger partial charge in [-0.05, 0) is 0 Å². The van der Waals surface area contributed by atoms with Gasteiger partial charge < -0.3 is 20.4 Å². The van der Waals surface area contributed by atoms with Crippen LogP contribution in [0.4, 0.5) is 0 Å². The minimum Gasteiger partial charge on any atom is -0.478 e. The van der Waals surface area contributed by atoms with Gasteiger partial charge in [0.25, 0.3) is 0 Å². The molecule has 8 nitrogen and oxygen atoms in total. The van der Waals surface area contributed by atoms with E-state index in [0.29, 0.717) is 0 Å². The van der Waals surface area contributed by atoms with Crippen molar-refractivity contribution in [2.45, 2.75) is 0 Å². The number of carboxylic acids is 4. The van der Waals surface area contributed by atoms with Crippen molar-refractivity contribution in [1.82, 2.24) is 0 Å². The summed E-state index contributed by atoms with van der Waals surface area (Å²) in [5.41, 5.74) is 0. The Hall–Kier alpha value is -2.67. The fraction of sp³-hybridized carbons (Fsp3) is 0. The molecule has 9 heteroatoms. The van der Waals surface area contributed by atoms with Gasteiger partial charge in [-0.2, -0.15) is 0 Å². The predicted octanol–water partition coefficient (Wildman–Crippen LogP) is 0.533. The maximum absolute atomic E-state index is 9.78. The van der Waals surface area contributed by atoms with Gasteiger partial charge in [0.2, 0.25) is 0 Å². The molecule has 0 aliphatic carbocycles. The topological polar surface area (TPSA) is 149 Å². The molecule has 0 bridgehead atoms. The third-order valence-electron chi connectivity index (χ3n) is 1.18. The van der Waals surface area contributed by atoms with Crippen molar-refractivity contribution in [2.75, 3.05) is 0 Å². The molecule has 0 spiro atoms. The van der Waals surface area contributed by atoms with Gasteiger partial charge in [-0.3, -0.25) is 0 Å². The first-order valence-corrected chi connectivity index (χ1v) is 4.87. The normalized spacial score (nSPS) is 10.3. The van der Waals surface area contributed by atoms with E-state index >= 15 is 0 Å². The zero-order valence-corrected chi connectivity index (χ0v) is 11.3. The molecule has 0 radical (unpaired) electrons. The number of hydrogen-bond acceptors (Lipinski definition) is 4. The molecule has 0 atom stereocenters. The Morgan fingerprint density at radius 2 is 0.619 bits per heavy atom. The quantitative estimate of drug-likeness (QED) is 0.310. The smallest absolute Gasteiger partial charge is 0.328 e. The Morgan fingerprint density at radius 1 is 0.476 bits per heavy atom. The summed E-state index contributed by atoms with van der Waals surface area (Å²) in [7, 11) is 0. The second kappa shape index (κ2) is 15.4. The molecule has 0 aromatic rings. The second-order valence-corrected chi connectivity index (χ2v) is 2.79. The Bertz CT molecular complexity index is 386. The van der Waals surface area contributed by atoms with Crippen molar-refractivity contribution in [3.8, 4) is 0 Å². The fourth-order valence-electron chi connectivity index (χ4n) is 0.551. The Labute approximate surface area is 129 Å². The van der Waals surface area contributed by atoms with E-state index in [1.165, 1.54) is 0 Å². The van der Waals surface area contributed by atoms with Crippen molar-refractivity contribution < 1.29 is 56.1 Å². The molecule has 0 aliphatic rings. The van der Waals surface area contributed by atoms with Crippen molar-refractivity contribution in [2.24, 2.45) is 0 Å². The molecule has 0 amide bonds. The summed E-state index contributed by atoms with van der Waals surface area (Å²) in [6.45, 7) is 0. The molecule has 4 N–H and O–H groups in total. The van der Waals surface area contributed by atoms with E-state index in [1.807, 2.05) is 0 Å². The fourth-order valence-corrected chi connectivity index (χ4v) is 0.551. The van der Waals surface area contributed by atoms with Crippen molar-refractivity contribution in [1.29, 1.82) is 0 Å². The standard InChI is InChI=1S/2C6H6O4.Ni/c2*7-5(8)3-1-2-4-6(9)10;/h2*1-4H,(H,7,8)(H,9,10);/b2*3-1-,4-2-;. The van der Waals surface area contributed by atoms with Gasteiger partial charge >= 0.3 is 23.9 Å². The number of carboxylic acid groups (broad SMARTS) is 4. The van der Waals surface area contributed by atoms with Crippen LogP contribution in [-0.2, 0) is 35.7 Å². The molecule has 0 saturated heterocycles. The van der Waals surface area contributed by atoms with Crippen LogP contribution in [0.25, 0.3) is 0 Å². The van der Waals surface area contributed by atoms with E-state index in [9.17, 15) is 19.2 Å². The average Bonchev–Trinajstić information content (AvgIpc) is 2.30. The molecule has 0 fully saturated rings. The molecule has 0 unspecified atom stereocenters. The number of allylic oxidation sites excluding steroid dienone is 4. The predicted molar refractivity (Wildman–Crippen MR) is 67.1 cm³/mol. The summed E-state index contributed by atoms with van der Waals surface area (Å²) in [6, 6.07) is 0. The number of aliphatic carboxylic acids is 4. The first-order valence-electron chi connectivity index (χ1n) is 4.87. The zero-order valence-electron chi connectivity index (χ0n) is 10.4. The Kier molecular flexibility index (Phi) is 17.2. The second-order valence-electron chi connectivity index (χ2n) is 2.79. The Morgan fingerprint density at radius 3 is 0.714 bits per heavy atom. The third-order valence-corrected chi connectivity index (χ3v) is 1.18. The van der Waals surface area contributed by atoms with Gasteiger partial charge in [0.05, 0.1) is 0 Å². The molecule has 0 saturated carbocycles. The molecular weight excluding hydrogens is 331 g/mol. The summed E-state index contributed by atoms with van der Waals surface area (Å²) in [5, 5.41) is 32.0. The largest absolute Gasteiger partial charge is 0.478 e. The summed E-state index contributed by atoms with van der Waals surface area (Å²) in [5.74, 6) is -4.41. The van der Waals surface area contributed by atoms with E-state index in [-0.39, 0.29) is 16.5 Å². The molecule has 118 valence electrons. The first-order chi connectivity index (χ1) is 9.25. The maximum atomic E-state index is 9.78. The average molecular weight is 343 g/mol. The van der Waals surface area contributed by atoms with Crippen molar-refractivity contribution in [3.63, 3.8) is 0 Å². The van der Waals surface area contributed by atoms with Crippen LogP contribution in [0.2, 0.25) is 0 Å². The number of carbonyl (C=O) groups is 4. The minimum atomic E-state index is -1.10. The molecule has 21 heavy (non-hydrogen) atoms. The molecule has 0 aromatic carbocycles. The van der Waals surface area contributed by atoms with Crippen LogP contribution in [0, 0.1) is 0 Å². The van der Waals surface area contributed by atoms with Crippen LogP contribution < -0.4 is 0 Å². The van der Waals surface area contributed by atoms with Gasteiger partial charge in [0, 0.05) is 40.8 Å². The van der Waals surface area contributed by atoms with E-state index in [2.05, 4.69) is 0 Å². The SMILES string of the molecule is O=C(O)/C=C\C=C/C(=O)O.O=C(O)/C=C\C=C/C(=O)O.[Ni]. The van der Waals surface area contributed by atoms with E-state index < -0.39 is 23.9 Å². The van der Waals surface area contributed by atoms with Gasteiger partial charge in [0.1, 0.15) is 0 Å². The number of hydrogen-bond donors (Lipinski definition) is 4.